The smallest absolute Gasteiger partial charge is 0.484 e. The highest BCUT2D eigenvalue weighted by molar-refractivity contribution is 6.60. The van der Waals surface area contributed by atoms with Crippen LogP contribution < -0.4 is 10.2 Å². The van der Waals surface area contributed by atoms with Gasteiger partial charge in [0.1, 0.15) is 5.75 Å². The molecule has 0 atom stereocenters. The van der Waals surface area contributed by atoms with Gasteiger partial charge >= 0.3 is 13.3 Å². The molecule has 88 valence electrons. The van der Waals surface area contributed by atoms with Crippen LogP contribution in [-0.2, 0) is 0 Å². The third kappa shape index (κ3) is 3.92. The van der Waals surface area contributed by atoms with Crippen molar-refractivity contribution < 1.29 is 28.0 Å². The van der Waals surface area contributed by atoms with E-state index in [0.717, 1.165) is 12.1 Å². The molecule has 0 radical (unpaired) electrons. The number of benzene rings is 1. The first-order valence-corrected chi connectivity index (χ1v) is 4.52. The summed E-state index contributed by atoms with van der Waals surface area (Å²) in [5.74, 6) is -0.267. The van der Waals surface area contributed by atoms with Crippen molar-refractivity contribution in [3.8, 4) is 5.75 Å². The number of ether oxygens (including phenoxy) is 1. The zero-order valence-corrected chi connectivity index (χ0v) is 8.59. The summed E-state index contributed by atoms with van der Waals surface area (Å²) in [5.41, 5.74) is -0.211. The molecule has 1 rings (SSSR count). The minimum absolute atomic E-state index is 0.169. The summed E-state index contributed by atoms with van der Waals surface area (Å²) in [6.07, 6.45) is -4.49. The molecule has 1 aromatic carbocycles. The molecule has 0 aliphatic rings. The lowest BCUT2D eigenvalue weighted by atomic mass is 9.79. The Bertz CT molecular complexity index is 370. The Morgan fingerprint density at radius 2 is 1.94 bits per heavy atom. The fourth-order valence-corrected chi connectivity index (χ4v) is 1.19. The fraction of sp³-hybridized carbons (Fsp3) is 0.250. The minimum Gasteiger partial charge on any atom is -0.484 e. The van der Waals surface area contributed by atoms with Gasteiger partial charge in [-0.05, 0) is 18.2 Å². The third-order valence-corrected chi connectivity index (χ3v) is 1.88. The molecule has 0 spiro atoms. The maximum Gasteiger partial charge on any atom is 0.492 e. The lowest BCUT2D eigenvalue weighted by Gasteiger charge is -2.12. The summed E-state index contributed by atoms with van der Waals surface area (Å²) < 4.78 is 40.0. The van der Waals surface area contributed by atoms with E-state index in [1.807, 2.05) is 0 Å². The highest BCUT2D eigenvalue weighted by Crippen LogP contribution is 2.19. The molecule has 0 amide bonds. The molecule has 2 N–H and O–H groups in total. The van der Waals surface area contributed by atoms with E-state index in [2.05, 4.69) is 4.74 Å². The van der Waals surface area contributed by atoms with Crippen molar-refractivity contribution >= 4 is 24.2 Å². The zero-order chi connectivity index (χ0) is 12.3. The van der Waals surface area contributed by atoms with E-state index < -0.39 is 19.9 Å². The third-order valence-electron chi connectivity index (χ3n) is 1.64. The Morgan fingerprint density at radius 3 is 2.44 bits per heavy atom. The van der Waals surface area contributed by atoms with E-state index in [0.29, 0.717) is 0 Å². The predicted molar refractivity (Wildman–Crippen MR) is 52.8 cm³/mol. The van der Waals surface area contributed by atoms with Crippen molar-refractivity contribution in [2.24, 2.45) is 0 Å². The second-order valence-electron chi connectivity index (χ2n) is 2.96. The summed E-state index contributed by atoms with van der Waals surface area (Å²) in [5, 5.41) is 18.0. The van der Waals surface area contributed by atoms with Crippen LogP contribution in [0.4, 0.5) is 13.2 Å². The lowest BCUT2D eigenvalue weighted by Crippen LogP contribution is -2.33. The standard InChI is InChI=1S/C8H7BClF3O3/c10-5-1-2-7(6(3-5)9(14)15)16-4-8(11,12)13/h1-3,14-15H,4H2. The van der Waals surface area contributed by atoms with Crippen molar-refractivity contribution in [2.75, 3.05) is 6.61 Å². The van der Waals surface area contributed by atoms with Gasteiger partial charge < -0.3 is 14.8 Å². The van der Waals surface area contributed by atoms with E-state index in [1.54, 1.807) is 0 Å². The van der Waals surface area contributed by atoms with Gasteiger partial charge in [0.15, 0.2) is 6.61 Å². The van der Waals surface area contributed by atoms with Crippen LogP contribution in [0.3, 0.4) is 0 Å². The van der Waals surface area contributed by atoms with Crippen LogP contribution in [0.15, 0.2) is 18.2 Å². The van der Waals surface area contributed by atoms with Crippen LogP contribution in [0.5, 0.6) is 5.75 Å². The first kappa shape index (κ1) is 13.2. The monoisotopic (exact) mass is 254 g/mol. The largest absolute Gasteiger partial charge is 0.492 e. The molecule has 0 aliphatic heterocycles. The zero-order valence-electron chi connectivity index (χ0n) is 7.83. The molecule has 3 nitrogen and oxygen atoms in total. The van der Waals surface area contributed by atoms with Gasteiger partial charge in [-0.3, -0.25) is 0 Å². The van der Waals surface area contributed by atoms with Crippen LogP contribution in [0.1, 0.15) is 0 Å². The number of halogens is 4. The first-order valence-electron chi connectivity index (χ1n) is 4.15. The van der Waals surface area contributed by atoms with Crippen molar-refractivity contribution in [1.82, 2.24) is 0 Å². The molecule has 0 aliphatic carbocycles. The Kier molecular flexibility index (Phi) is 4.06. The quantitative estimate of drug-likeness (QED) is 0.790. The number of rotatable bonds is 3. The Morgan fingerprint density at radius 1 is 1.31 bits per heavy atom. The summed E-state index contributed by atoms with van der Waals surface area (Å²) >= 11 is 5.55. The summed E-state index contributed by atoms with van der Waals surface area (Å²) in [7, 11) is -1.94. The van der Waals surface area contributed by atoms with Gasteiger partial charge in [-0.2, -0.15) is 13.2 Å². The average Bonchev–Trinajstić information content (AvgIpc) is 2.14. The molecule has 0 saturated heterocycles. The van der Waals surface area contributed by atoms with Gasteiger partial charge in [0.05, 0.1) is 0 Å². The molecule has 0 unspecified atom stereocenters. The Labute approximate surface area is 94.6 Å². The molecule has 1 aromatic rings. The van der Waals surface area contributed by atoms with E-state index in [9.17, 15) is 13.2 Å². The maximum absolute atomic E-state index is 11.9. The van der Waals surface area contributed by atoms with Crippen LogP contribution in [0.2, 0.25) is 5.02 Å². The number of alkyl halides is 3. The molecule has 8 heteroatoms. The second kappa shape index (κ2) is 4.94. The Balaban J connectivity index is 2.87. The van der Waals surface area contributed by atoms with Crippen molar-refractivity contribution in [2.45, 2.75) is 6.18 Å². The van der Waals surface area contributed by atoms with Crippen LogP contribution in [0, 0.1) is 0 Å². The van der Waals surface area contributed by atoms with Gasteiger partial charge in [0, 0.05) is 10.5 Å². The molecule has 0 saturated carbocycles. The second-order valence-corrected chi connectivity index (χ2v) is 3.40. The SMILES string of the molecule is OB(O)c1cc(Cl)ccc1OCC(F)(F)F. The van der Waals surface area contributed by atoms with E-state index in [4.69, 9.17) is 21.6 Å². The first-order chi connectivity index (χ1) is 7.29. The maximum atomic E-state index is 11.9. The van der Waals surface area contributed by atoms with Crippen LogP contribution >= 0.6 is 11.6 Å². The molecular weight excluding hydrogens is 247 g/mol. The van der Waals surface area contributed by atoms with Crippen molar-refractivity contribution in [3.63, 3.8) is 0 Å². The fourth-order valence-electron chi connectivity index (χ4n) is 1.01. The van der Waals surface area contributed by atoms with Gasteiger partial charge in [-0.15, -0.1) is 0 Å². The highest BCUT2D eigenvalue weighted by Gasteiger charge is 2.29. The normalized spacial score (nSPS) is 11.4. The summed E-state index contributed by atoms with van der Waals surface area (Å²) in [6, 6.07) is 3.56. The molecule has 0 heterocycles. The van der Waals surface area contributed by atoms with Crippen LogP contribution in [-0.4, -0.2) is 29.9 Å². The molecular formula is C8H7BClF3O3. The van der Waals surface area contributed by atoms with Crippen molar-refractivity contribution in [1.29, 1.82) is 0 Å². The Hall–Kier alpha value is -0.915. The minimum atomic E-state index is -4.49. The summed E-state index contributed by atoms with van der Waals surface area (Å²) in [6.45, 7) is -1.51. The van der Waals surface area contributed by atoms with Gasteiger partial charge in [-0.1, -0.05) is 11.6 Å². The van der Waals surface area contributed by atoms with Crippen LogP contribution in [0.25, 0.3) is 0 Å². The molecule has 0 fully saturated rings. The van der Waals surface area contributed by atoms with Gasteiger partial charge in [0.25, 0.3) is 0 Å². The summed E-state index contributed by atoms with van der Waals surface area (Å²) in [4.78, 5) is 0. The predicted octanol–water partition coefficient (Wildman–Crippen LogP) is 0.961. The van der Waals surface area contributed by atoms with Crippen molar-refractivity contribution in [3.05, 3.63) is 23.2 Å². The van der Waals surface area contributed by atoms with E-state index in [1.165, 1.54) is 6.07 Å². The average molecular weight is 254 g/mol. The topological polar surface area (TPSA) is 49.7 Å². The molecule has 16 heavy (non-hydrogen) atoms. The number of hydrogen-bond donors (Lipinski definition) is 2. The van der Waals surface area contributed by atoms with Gasteiger partial charge in [-0.25, -0.2) is 0 Å². The van der Waals surface area contributed by atoms with Gasteiger partial charge in [0.2, 0.25) is 0 Å². The molecule has 0 bridgehead atoms. The highest BCUT2D eigenvalue weighted by atomic mass is 35.5. The number of hydrogen-bond acceptors (Lipinski definition) is 3. The lowest BCUT2D eigenvalue weighted by molar-refractivity contribution is -0.153. The van der Waals surface area contributed by atoms with E-state index in [-0.39, 0.29) is 16.2 Å². The molecule has 0 aromatic heterocycles. The van der Waals surface area contributed by atoms with E-state index >= 15 is 0 Å².